The number of hydrogen-bond acceptors (Lipinski definition) is 0. The van der Waals surface area contributed by atoms with Crippen molar-refractivity contribution in [3.63, 3.8) is 0 Å². The van der Waals surface area contributed by atoms with Crippen molar-refractivity contribution >= 4 is 0 Å². The molecule has 0 spiro atoms. The molecule has 0 saturated heterocycles. The second kappa shape index (κ2) is 6.48. The molecule has 1 unspecified atom stereocenters. The van der Waals surface area contributed by atoms with Crippen LogP contribution in [0.5, 0.6) is 0 Å². The lowest BCUT2D eigenvalue weighted by molar-refractivity contribution is 0.188. The fourth-order valence-corrected chi connectivity index (χ4v) is 2.56. The highest BCUT2D eigenvalue weighted by atomic mass is 14.3. The first-order valence-electron chi connectivity index (χ1n) is 6.25. The van der Waals surface area contributed by atoms with Crippen LogP contribution in [0.1, 0.15) is 73.6 Å². The van der Waals surface area contributed by atoms with Gasteiger partial charge in [-0.25, -0.2) is 0 Å². The van der Waals surface area contributed by atoms with E-state index in [2.05, 4.69) is 41.5 Å². The Balaban J connectivity index is 4.29. The maximum Gasteiger partial charge on any atom is -0.0267 e. The summed E-state index contributed by atoms with van der Waals surface area (Å²) in [5.41, 5.74) is 0.505. The summed E-state index contributed by atoms with van der Waals surface area (Å²) in [7, 11) is 0. The second-order valence-corrected chi connectivity index (χ2v) is 5.51. The fraction of sp³-hybridized carbons (Fsp3) is 0.929. The Morgan fingerprint density at radius 3 is 2.00 bits per heavy atom. The van der Waals surface area contributed by atoms with E-state index in [4.69, 9.17) is 0 Å². The Bertz CT molecular complexity index is 133. The summed E-state index contributed by atoms with van der Waals surface area (Å²) < 4.78 is 0. The summed E-state index contributed by atoms with van der Waals surface area (Å²) in [4.78, 5) is 0. The summed E-state index contributed by atoms with van der Waals surface area (Å²) in [6, 6.07) is 0. The van der Waals surface area contributed by atoms with Crippen molar-refractivity contribution in [3.05, 3.63) is 5.92 Å². The lowest BCUT2D eigenvalue weighted by atomic mass is 9.68. The molecule has 1 atom stereocenters. The summed E-state index contributed by atoms with van der Waals surface area (Å²) >= 11 is 0. The zero-order valence-corrected chi connectivity index (χ0v) is 11.1. The number of hydrogen-bond donors (Lipinski definition) is 0. The van der Waals surface area contributed by atoms with Gasteiger partial charge in [-0.3, -0.25) is 0 Å². The molecule has 0 aliphatic rings. The van der Waals surface area contributed by atoms with Gasteiger partial charge < -0.3 is 0 Å². The highest BCUT2D eigenvalue weighted by molar-refractivity contribution is 4.95. The van der Waals surface area contributed by atoms with Crippen LogP contribution in [0, 0.1) is 17.3 Å². The van der Waals surface area contributed by atoms with E-state index >= 15 is 0 Å². The monoisotopic (exact) mass is 197 g/mol. The van der Waals surface area contributed by atoms with Gasteiger partial charge in [-0.1, -0.05) is 60.8 Å². The second-order valence-electron chi connectivity index (χ2n) is 5.51. The average molecular weight is 197 g/mol. The topological polar surface area (TPSA) is 0 Å². The molecule has 0 amide bonds. The minimum Gasteiger partial charge on any atom is -0.0654 e. The predicted molar refractivity (Wildman–Crippen MR) is 66.3 cm³/mol. The molecule has 0 nitrogen and oxygen atoms in total. The first kappa shape index (κ1) is 14.0. The lowest BCUT2D eigenvalue weighted by Crippen LogP contribution is -2.27. The maximum atomic E-state index is 2.44. The SMILES string of the molecule is CCCCC(C)(C)C(CCC)[C](C)C. The Labute approximate surface area is 91.5 Å². The third-order valence-electron chi connectivity index (χ3n) is 3.39. The van der Waals surface area contributed by atoms with Crippen LogP contribution in [0.25, 0.3) is 0 Å². The highest BCUT2D eigenvalue weighted by Gasteiger charge is 2.30. The van der Waals surface area contributed by atoms with Crippen LogP contribution in [0.2, 0.25) is 0 Å². The Morgan fingerprint density at radius 2 is 1.64 bits per heavy atom. The molecule has 0 fully saturated rings. The van der Waals surface area contributed by atoms with Gasteiger partial charge >= 0.3 is 0 Å². The van der Waals surface area contributed by atoms with Crippen molar-refractivity contribution in [2.24, 2.45) is 11.3 Å². The van der Waals surface area contributed by atoms with E-state index in [0.717, 1.165) is 5.92 Å². The summed E-state index contributed by atoms with van der Waals surface area (Å²) in [6.07, 6.45) is 6.75. The lowest BCUT2D eigenvalue weighted by Gasteiger charge is -2.37. The molecule has 0 aromatic heterocycles. The third-order valence-corrected chi connectivity index (χ3v) is 3.39. The molecule has 14 heavy (non-hydrogen) atoms. The zero-order chi connectivity index (χ0) is 11.2. The molecule has 0 aliphatic heterocycles. The van der Waals surface area contributed by atoms with Gasteiger partial charge in [0.2, 0.25) is 0 Å². The van der Waals surface area contributed by atoms with Crippen molar-refractivity contribution in [3.8, 4) is 0 Å². The minimum absolute atomic E-state index is 0.505. The van der Waals surface area contributed by atoms with Crippen molar-refractivity contribution in [2.75, 3.05) is 0 Å². The van der Waals surface area contributed by atoms with Crippen LogP contribution < -0.4 is 0 Å². The van der Waals surface area contributed by atoms with Crippen molar-refractivity contribution in [2.45, 2.75) is 73.6 Å². The zero-order valence-electron chi connectivity index (χ0n) is 11.1. The first-order valence-corrected chi connectivity index (χ1v) is 6.25. The molecule has 0 heteroatoms. The van der Waals surface area contributed by atoms with Gasteiger partial charge in [0, 0.05) is 0 Å². The molecule has 85 valence electrons. The van der Waals surface area contributed by atoms with Crippen molar-refractivity contribution in [1.29, 1.82) is 0 Å². The van der Waals surface area contributed by atoms with E-state index in [9.17, 15) is 0 Å². The molecule has 0 heterocycles. The maximum absolute atomic E-state index is 2.44. The Kier molecular flexibility index (Phi) is 6.48. The molecule has 0 rings (SSSR count). The number of unbranched alkanes of at least 4 members (excludes halogenated alkanes) is 1. The smallest absolute Gasteiger partial charge is 0.0267 e. The standard InChI is InChI=1S/C14H29/c1-7-9-11-14(5,6)13(10-8-2)12(3)4/h13H,7-11H2,1-6H3. The molecule has 0 saturated carbocycles. The van der Waals surface area contributed by atoms with Crippen LogP contribution >= 0.6 is 0 Å². The normalized spacial score (nSPS) is 14.8. The molecule has 0 bridgehead atoms. The first-order chi connectivity index (χ1) is 6.45. The van der Waals surface area contributed by atoms with Crippen LogP contribution in [-0.4, -0.2) is 0 Å². The predicted octanol–water partition coefficient (Wildman–Crippen LogP) is 5.23. The van der Waals surface area contributed by atoms with Crippen molar-refractivity contribution in [1.82, 2.24) is 0 Å². The fourth-order valence-electron chi connectivity index (χ4n) is 2.56. The van der Waals surface area contributed by atoms with E-state index in [-0.39, 0.29) is 0 Å². The van der Waals surface area contributed by atoms with Gasteiger partial charge in [0.15, 0.2) is 0 Å². The third kappa shape index (κ3) is 4.48. The molecule has 0 aromatic rings. The Hall–Kier alpha value is 0. The van der Waals surface area contributed by atoms with Crippen LogP contribution in [0.3, 0.4) is 0 Å². The van der Waals surface area contributed by atoms with Gasteiger partial charge in [0.05, 0.1) is 0 Å². The molecular weight excluding hydrogens is 168 g/mol. The van der Waals surface area contributed by atoms with E-state index in [0.29, 0.717) is 5.41 Å². The molecular formula is C14H29. The van der Waals surface area contributed by atoms with Crippen molar-refractivity contribution < 1.29 is 0 Å². The summed E-state index contributed by atoms with van der Waals surface area (Å²) in [5.74, 6) is 2.44. The van der Waals surface area contributed by atoms with E-state index in [1.54, 1.807) is 5.92 Å². The summed E-state index contributed by atoms with van der Waals surface area (Å²) in [6.45, 7) is 14.1. The molecule has 0 aromatic carbocycles. The molecule has 0 N–H and O–H groups in total. The average Bonchev–Trinajstić information content (AvgIpc) is 2.10. The van der Waals surface area contributed by atoms with Gasteiger partial charge in [0.25, 0.3) is 0 Å². The Morgan fingerprint density at radius 1 is 1.07 bits per heavy atom. The van der Waals surface area contributed by atoms with E-state index in [1.807, 2.05) is 0 Å². The molecule has 1 radical (unpaired) electrons. The van der Waals surface area contributed by atoms with Gasteiger partial charge in [-0.2, -0.15) is 0 Å². The largest absolute Gasteiger partial charge is 0.0654 e. The quantitative estimate of drug-likeness (QED) is 0.524. The van der Waals surface area contributed by atoms with E-state index in [1.165, 1.54) is 32.1 Å². The molecule has 0 aliphatic carbocycles. The van der Waals surface area contributed by atoms with Crippen LogP contribution in [-0.2, 0) is 0 Å². The van der Waals surface area contributed by atoms with Gasteiger partial charge in [0.1, 0.15) is 0 Å². The highest BCUT2D eigenvalue weighted by Crippen LogP contribution is 2.40. The summed E-state index contributed by atoms with van der Waals surface area (Å²) in [5, 5.41) is 0. The van der Waals surface area contributed by atoms with Crippen LogP contribution in [0.15, 0.2) is 0 Å². The van der Waals surface area contributed by atoms with Gasteiger partial charge in [-0.15, -0.1) is 0 Å². The number of rotatable bonds is 7. The minimum atomic E-state index is 0.505. The van der Waals surface area contributed by atoms with E-state index < -0.39 is 0 Å². The van der Waals surface area contributed by atoms with Gasteiger partial charge in [-0.05, 0) is 30.1 Å². The van der Waals surface area contributed by atoms with Crippen LogP contribution in [0.4, 0.5) is 0 Å².